The predicted molar refractivity (Wildman–Crippen MR) is 185 cm³/mol. The molecule has 0 heterocycles. The lowest BCUT2D eigenvalue weighted by molar-refractivity contribution is -0.213. The lowest BCUT2D eigenvalue weighted by atomic mass is 9.37. The zero-order valence-corrected chi connectivity index (χ0v) is 31.6. The van der Waals surface area contributed by atoms with Gasteiger partial charge in [-0.25, -0.2) is 0 Å². The molecule has 0 saturated heterocycles. The Balaban J connectivity index is 0.00000245. The summed E-state index contributed by atoms with van der Waals surface area (Å²) >= 11 is 0. The Labute approximate surface area is 284 Å². The molecule has 7 heteroatoms. The molecule has 266 valence electrons. The van der Waals surface area contributed by atoms with Crippen molar-refractivity contribution in [3.8, 4) is 0 Å². The van der Waals surface area contributed by atoms with Crippen molar-refractivity contribution in [3.63, 3.8) is 0 Å². The highest BCUT2D eigenvalue weighted by atomic mass is 16.5. The van der Waals surface area contributed by atoms with Gasteiger partial charge in [0, 0.05) is 29.8 Å². The van der Waals surface area contributed by atoms with Crippen molar-refractivity contribution in [2.45, 2.75) is 152 Å². The number of fused-ring (bicyclic) bond motifs is 7. The summed E-state index contributed by atoms with van der Waals surface area (Å²) in [4.78, 5) is 51.6. The molecule has 8 atom stereocenters. The SMILES string of the molecule is CC(C)C1=C2C3CCC4C(C)(CCC5C(C)(C)C(OC(=O)CC(C)(C)C=O)CCC54C)C3CC[C@@]2(NC(=O)C(C)(C)C)CC1=O.CO. The molecular weight excluding hydrogens is 590 g/mol. The molecular formula is C40H65NO6. The van der Waals surface area contributed by atoms with E-state index in [9.17, 15) is 19.2 Å². The fourth-order valence-corrected chi connectivity index (χ4v) is 11.6. The van der Waals surface area contributed by atoms with Gasteiger partial charge in [0.25, 0.3) is 0 Å². The van der Waals surface area contributed by atoms with E-state index in [1.807, 2.05) is 20.8 Å². The van der Waals surface area contributed by atoms with Crippen LogP contribution in [0.5, 0.6) is 0 Å². The Kier molecular flexibility index (Phi) is 10.2. The molecule has 4 fully saturated rings. The maximum Gasteiger partial charge on any atom is 0.307 e. The summed E-state index contributed by atoms with van der Waals surface area (Å²) in [6, 6.07) is 0. The van der Waals surface area contributed by atoms with Gasteiger partial charge in [-0.3, -0.25) is 14.4 Å². The van der Waals surface area contributed by atoms with Gasteiger partial charge < -0.3 is 20.0 Å². The molecule has 0 aromatic carbocycles. The summed E-state index contributed by atoms with van der Waals surface area (Å²) in [6.45, 7) is 23.5. The van der Waals surface area contributed by atoms with Crippen molar-refractivity contribution < 1.29 is 29.0 Å². The molecule has 7 unspecified atom stereocenters. The van der Waals surface area contributed by atoms with E-state index in [2.05, 4.69) is 46.9 Å². The third kappa shape index (κ3) is 6.29. The third-order valence-corrected chi connectivity index (χ3v) is 13.8. The fourth-order valence-electron chi connectivity index (χ4n) is 11.6. The number of hydrogen-bond donors (Lipinski definition) is 2. The quantitative estimate of drug-likeness (QED) is 0.225. The minimum absolute atomic E-state index is 0.0404. The van der Waals surface area contributed by atoms with Gasteiger partial charge in [0.1, 0.15) is 12.4 Å². The molecule has 0 bridgehead atoms. The average molecular weight is 656 g/mol. The van der Waals surface area contributed by atoms with Crippen LogP contribution in [0.2, 0.25) is 0 Å². The summed E-state index contributed by atoms with van der Waals surface area (Å²) in [5.41, 5.74) is 0.675. The monoisotopic (exact) mass is 655 g/mol. The number of ketones is 1. The molecule has 47 heavy (non-hydrogen) atoms. The molecule has 2 N–H and O–H groups in total. The second-order valence-corrected chi connectivity index (χ2v) is 19.0. The average Bonchev–Trinajstić information content (AvgIpc) is 3.26. The number of rotatable bonds is 6. The summed E-state index contributed by atoms with van der Waals surface area (Å²) in [5, 5.41) is 10.5. The first-order valence-corrected chi connectivity index (χ1v) is 18.3. The minimum atomic E-state index is -0.711. The second kappa shape index (κ2) is 12.7. The first-order valence-electron chi connectivity index (χ1n) is 18.3. The fraction of sp³-hybridized carbons (Fsp3) is 0.850. The van der Waals surface area contributed by atoms with Crippen LogP contribution in [0.4, 0.5) is 0 Å². The van der Waals surface area contributed by atoms with Crippen LogP contribution in [0.1, 0.15) is 140 Å². The number of hydrogen-bond acceptors (Lipinski definition) is 6. The van der Waals surface area contributed by atoms with Crippen molar-refractivity contribution in [3.05, 3.63) is 11.1 Å². The van der Waals surface area contributed by atoms with Crippen molar-refractivity contribution in [1.29, 1.82) is 0 Å². The van der Waals surface area contributed by atoms with Crippen molar-refractivity contribution in [1.82, 2.24) is 5.32 Å². The van der Waals surface area contributed by atoms with Crippen molar-refractivity contribution in [2.75, 3.05) is 7.11 Å². The summed E-state index contributed by atoms with van der Waals surface area (Å²) in [6.07, 6.45) is 9.46. The molecule has 4 saturated carbocycles. The van der Waals surface area contributed by atoms with E-state index in [1.54, 1.807) is 13.8 Å². The highest BCUT2D eigenvalue weighted by Crippen LogP contribution is 2.72. The number of carbonyl (C=O) groups is 4. The van der Waals surface area contributed by atoms with E-state index in [0.717, 1.165) is 70.3 Å². The molecule has 5 aliphatic rings. The maximum atomic E-state index is 13.7. The number of carbonyl (C=O) groups excluding carboxylic acids is 4. The zero-order chi connectivity index (χ0) is 35.5. The number of Topliss-reactive ketones (excluding diaryl/α,β-unsaturated/α-hetero) is 1. The molecule has 0 aromatic rings. The summed E-state index contributed by atoms with van der Waals surface area (Å²) in [7, 11) is 1.00. The summed E-state index contributed by atoms with van der Waals surface area (Å²) < 4.78 is 6.17. The van der Waals surface area contributed by atoms with Crippen LogP contribution in [-0.2, 0) is 23.9 Å². The highest BCUT2D eigenvalue weighted by Gasteiger charge is 2.67. The number of aliphatic hydroxyl groups excluding tert-OH is 1. The number of nitrogens with one attached hydrogen (secondary N) is 1. The lowest BCUT2D eigenvalue weighted by Gasteiger charge is -2.68. The largest absolute Gasteiger partial charge is 0.462 e. The maximum absolute atomic E-state index is 13.7. The van der Waals surface area contributed by atoms with E-state index in [4.69, 9.17) is 9.84 Å². The molecule has 0 aliphatic heterocycles. The first kappa shape index (κ1) is 37.8. The number of aldehydes is 1. The standard InChI is InChI=1S/C39H61NO5.CH4O/c1-23(2)31-26(42)20-39(40-33(44)34(3,4)5)19-14-25-24(32(31)39)12-13-28-37(25,10)17-15-27-36(8,9)29(16-18-38(27,28)11)45-30(43)21-35(6,7)22-41;1-2/h22-25,27-29H,12-21H2,1-11H3,(H,40,44);2H,1H3/t24?,25?,27?,28?,29?,37?,38?,39-;/m1./s1. The molecule has 0 aromatic heterocycles. The Morgan fingerprint density at radius 1 is 0.915 bits per heavy atom. The van der Waals surface area contributed by atoms with Gasteiger partial charge in [-0.05, 0) is 103 Å². The Bertz CT molecular complexity index is 1290. The highest BCUT2D eigenvalue weighted by molar-refractivity contribution is 6.02. The van der Waals surface area contributed by atoms with Crippen molar-refractivity contribution in [2.24, 2.45) is 56.7 Å². The minimum Gasteiger partial charge on any atom is -0.462 e. The van der Waals surface area contributed by atoms with Crippen LogP contribution in [0.3, 0.4) is 0 Å². The van der Waals surface area contributed by atoms with E-state index in [-0.39, 0.29) is 52.3 Å². The molecule has 5 aliphatic carbocycles. The molecule has 7 nitrogen and oxygen atoms in total. The third-order valence-electron chi connectivity index (χ3n) is 13.8. The van der Waals surface area contributed by atoms with Crippen molar-refractivity contribution >= 4 is 23.9 Å². The van der Waals surface area contributed by atoms with Crippen LogP contribution >= 0.6 is 0 Å². The molecule has 5 rings (SSSR count). The van der Waals surface area contributed by atoms with Crippen LogP contribution < -0.4 is 5.32 Å². The van der Waals surface area contributed by atoms with E-state index >= 15 is 0 Å². The lowest BCUT2D eigenvalue weighted by Crippen LogP contribution is -2.64. The number of aliphatic hydroxyl groups is 1. The van der Waals surface area contributed by atoms with Crippen LogP contribution in [0.25, 0.3) is 0 Å². The van der Waals surface area contributed by atoms with E-state index < -0.39 is 16.4 Å². The van der Waals surface area contributed by atoms with Gasteiger partial charge in [-0.2, -0.15) is 0 Å². The molecule has 1 amide bonds. The number of allylic oxidation sites excluding steroid dienone is 1. The topological polar surface area (TPSA) is 110 Å². The molecule has 0 spiro atoms. The Morgan fingerprint density at radius 2 is 1.53 bits per heavy atom. The smallest absolute Gasteiger partial charge is 0.307 e. The predicted octanol–water partition coefficient (Wildman–Crippen LogP) is 7.63. The van der Waals surface area contributed by atoms with Gasteiger partial charge >= 0.3 is 5.97 Å². The number of ether oxygens (including phenoxy) is 1. The Hall–Kier alpha value is -2.02. The van der Waals surface area contributed by atoms with Gasteiger partial charge in [0.15, 0.2) is 5.78 Å². The van der Waals surface area contributed by atoms with Crippen LogP contribution in [0, 0.1) is 56.7 Å². The van der Waals surface area contributed by atoms with E-state index in [0.29, 0.717) is 30.1 Å². The van der Waals surface area contributed by atoms with E-state index in [1.165, 1.54) is 5.57 Å². The molecule has 0 radical (unpaired) electrons. The normalized spacial score (nSPS) is 37.8. The Morgan fingerprint density at radius 3 is 2.11 bits per heavy atom. The van der Waals surface area contributed by atoms with Gasteiger partial charge in [0.2, 0.25) is 5.91 Å². The first-order chi connectivity index (χ1) is 21.6. The van der Waals surface area contributed by atoms with Gasteiger partial charge in [-0.15, -0.1) is 0 Å². The summed E-state index contributed by atoms with van der Waals surface area (Å²) in [5.74, 6) is 1.99. The van der Waals surface area contributed by atoms with Gasteiger partial charge in [0.05, 0.1) is 12.0 Å². The van der Waals surface area contributed by atoms with Crippen LogP contribution in [-0.4, -0.2) is 47.8 Å². The second-order valence-electron chi connectivity index (χ2n) is 19.0. The number of amides is 1. The number of esters is 1. The van der Waals surface area contributed by atoms with Crippen LogP contribution in [0.15, 0.2) is 11.1 Å². The van der Waals surface area contributed by atoms with Gasteiger partial charge in [-0.1, -0.05) is 76.2 Å². The zero-order valence-electron chi connectivity index (χ0n) is 31.6.